The number of carboxylic acid groups (broad SMARTS) is 2. The summed E-state index contributed by atoms with van der Waals surface area (Å²) in [6.07, 6.45) is 2.17. The molecule has 0 aromatic heterocycles. The molecule has 0 radical (unpaired) electrons. The van der Waals surface area contributed by atoms with Crippen molar-refractivity contribution in [1.29, 1.82) is 0 Å². The van der Waals surface area contributed by atoms with Crippen LogP contribution in [0.15, 0.2) is 49.1 Å². The molecule has 0 aliphatic heterocycles. The fourth-order valence-corrected chi connectivity index (χ4v) is 0.950. The minimum Gasteiger partial charge on any atom is -0.450 e. The lowest BCUT2D eigenvalue weighted by Crippen LogP contribution is -1.81. The van der Waals surface area contributed by atoms with Crippen molar-refractivity contribution < 1.29 is 15.0 Å². The third-order valence-corrected chi connectivity index (χ3v) is 1.51. The summed E-state index contributed by atoms with van der Waals surface area (Å²) >= 11 is 0. The molecular weight excluding hydrogens is 192 g/mol. The van der Waals surface area contributed by atoms with E-state index in [9.17, 15) is 0 Å². The number of allylic oxidation sites excluding steroid dienone is 3. The van der Waals surface area contributed by atoms with Crippen LogP contribution in [-0.4, -0.2) is 16.4 Å². The van der Waals surface area contributed by atoms with Crippen molar-refractivity contribution in [3.8, 4) is 0 Å². The molecule has 0 spiro atoms. The Balaban J connectivity index is 0.000000423. The van der Waals surface area contributed by atoms with E-state index in [0.29, 0.717) is 0 Å². The average Bonchev–Trinajstić information content (AvgIpc) is 2.19. The van der Waals surface area contributed by atoms with Gasteiger partial charge in [0, 0.05) is 0 Å². The van der Waals surface area contributed by atoms with Crippen LogP contribution in [0.25, 0.3) is 5.57 Å². The van der Waals surface area contributed by atoms with Crippen LogP contribution in [0.2, 0.25) is 0 Å². The molecule has 2 N–H and O–H groups in total. The minimum atomic E-state index is -1.83. The van der Waals surface area contributed by atoms with E-state index in [1.54, 1.807) is 0 Å². The van der Waals surface area contributed by atoms with Gasteiger partial charge >= 0.3 is 6.16 Å². The number of benzene rings is 1. The number of carbonyl (C=O) groups is 1. The van der Waals surface area contributed by atoms with Gasteiger partial charge in [-0.25, -0.2) is 4.79 Å². The fraction of sp³-hybridized carbons (Fsp3) is 0.0833. The second kappa shape index (κ2) is 7.38. The molecule has 80 valence electrons. The molecule has 0 aliphatic carbocycles. The molecule has 0 amide bonds. The lowest BCUT2D eigenvalue weighted by Gasteiger charge is -1.97. The first-order valence-electron chi connectivity index (χ1n) is 4.36. The second-order valence-corrected chi connectivity index (χ2v) is 2.67. The van der Waals surface area contributed by atoms with Crippen LogP contribution >= 0.6 is 0 Å². The molecule has 0 unspecified atom stereocenters. The maximum absolute atomic E-state index is 8.56. The molecule has 3 heteroatoms. The van der Waals surface area contributed by atoms with Gasteiger partial charge in [0.15, 0.2) is 0 Å². The Morgan fingerprint density at radius 2 is 1.73 bits per heavy atom. The lowest BCUT2D eigenvalue weighted by atomic mass is 10.1. The standard InChI is InChI=1S/C11H12.CH2O3/c1-3-7-10(2)11-8-5-4-6-9-11;2-1(3)4/h3-9H,2H2,1H3;(H2,2,3,4). The first-order chi connectivity index (χ1) is 7.07. The predicted molar refractivity (Wildman–Crippen MR) is 60.9 cm³/mol. The predicted octanol–water partition coefficient (Wildman–Crippen LogP) is 3.50. The van der Waals surface area contributed by atoms with E-state index in [2.05, 4.69) is 18.7 Å². The number of hydrogen-bond acceptors (Lipinski definition) is 1. The molecule has 1 aromatic carbocycles. The van der Waals surface area contributed by atoms with Crippen molar-refractivity contribution in [1.82, 2.24) is 0 Å². The molecule has 0 heterocycles. The zero-order valence-electron chi connectivity index (χ0n) is 8.55. The summed E-state index contributed by atoms with van der Waals surface area (Å²) in [5.41, 5.74) is 2.25. The molecular formula is C12H14O3. The Bertz CT molecular complexity index is 335. The average molecular weight is 206 g/mol. The van der Waals surface area contributed by atoms with Crippen molar-refractivity contribution >= 4 is 11.7 Å². The van der Waals surface area contributed by atoms with E-state index < -0.39 is 6.16 Å². The summed E-state index contributed by atoms with van der Waals surface area (Å²) in [5.74, 6) is 0. The molecule has 1 aromatic rings. The molecule has 0 saturated heterocycles. The monoisotopic (exact) mass is 206 g/mol. The summed E-state index contributed by atoms with van der Waals surface area (Å²) < 4.78 is 0. The molecule has 0 atom stereocenters. The fourth-order valence-electron chi connectivity index (χ4n) is 0.950. The zero-order valence-corrected chi connectivity index (χ0v) is 8.55. The number of hydrogen-bond donors (Lipinski definition) is 2. The highest BCUT2D eigenvalue weighted by molar-refractivity contribution is 5.71. The van der Waals surface area contributed by atoms with Crippen molar-refractivity contribution in [3.63, 3.8) is 0 Å². The van der Waals surface area contributed by atoms with E-state index in [4.69, 9.17) is 15.0 Å². The van der Waals surface area contributed by atoms with Gasteiger partial charge in [-0.3, -0.25) is 0 Å². The largest absolute Gasteiger partial charge is 0.503 e. The van der Waals surface area contributed by atoms with E-state index >= 15 is 0 Å². The van der Waals surface area contributed by atoms with Gasteiger partial charge in [-0.2, -0.15) is 0 Å². The molecule has 0 bridgehead atoms. The quantitative estimate of drug-likeness (QED) is 0.728. The van der Waals surface area contributed by atoms with Gasteiger partial charge in [0.25, 0.3) is 0 Å². The van der Waals surface area contributed by atoms with Crippen LogP contribution in [0.5, 0.6) is 0 Å². The maximum atomic E-state index is 8.56. The topological polar surface area (TPSA) is 57.5 Å². The summed E-state index contributed by atoms with van der Waals surface area (Å²) in [5, 5.41) is 13.9. The summed E-state index contributed by atoms with van der Waals surface area (Å²) in [6, 6.07) is 10.2. The third-order valence-electron chi connectivity index (χ3n) is 1.51. The first kappa shape index (κ1) is 13.0. The smallest absolute Gasteiger partial charge is 0.450 e. The highest BCUT2D eigenvalue weighted by atomic mass is 16.6. The third kappa shape index (κ3) is 7.07. The number of rotatable bonds is 2. The Morgan fingerprint density at radius 3 is 2.13 bits per heavy atom. The van der Waals surface area contributed by atoms with E-state index in [1.807, 2.05) is 37.3 Å². The van der Waals surface area contributed by atoms with Crippen LogP contribution < -0.4 is 0 Å². The normalized spacial score (nSPS) is 9.13. The van der Waals surface area contributed by atoms with Crippen molar-refractivity contribution in [3.05, 3.63) is 54.6 Å². The first-order valence-corrected chi connectivity index (χ1v) is 4.36. The molecule has 0 fully saturated rings. The van der Waals surface area contributed by atoms with Gasteiger partial charge in [-0.1, -0.05) is 49.1 Å². The minimum absolute atomic E-state index is 1.06. The van der Waals surface area contributed by atoms with E-state index in [0.717, 1.165) is 5.57 Å². The molecule has 15 heavy (non-hydrogen) atoms. The Labute approximate surface area is 89.0 Å². The molecule has 0 saturated carbocycles. The highest BCUT2D eigenvalue weighted by Crippen LogP contribution is 2.11. The molecule has 3 nitrogen and oxygen atoms in total. The Morgan fingerprint density at radius 1 is 1.27 bits per heavy atom. The molecule has 1 rings (SSSR count). The highest BCUT2D eigenvalue weighted by Gasteiger charge is 1.89. The van der Waals surface area contributed by atoms with Crippen molar-refractivity contribution in [2.24, 2.45) is 0 Å². The van der Waals surface area contributed by atoms with E-state index in [-0.39, 0.29) is 0 Å². The van der Waals surface area contributed by atoms with Gasteiger partial charge in [0.05, 0.1) is 0 Å². The van der Waals surface area contributed by atoms with Gasteiger partial charge in [-0.15, -0.1) is 0 Å². The SMILES string of the molecule is C=C(C=CC)c1ccccc1.O=C(O)O. The van der Waals surface area contributed by atoms with Gasteiger partial charge in [-0.05, 0) is 18.1 Å². The van der Waals surface area contributed by atoms with E-state index in [1.165, 1.54) is 5.56 Å². The van der Waals surface area contributed by atoms with Gasteiger partial charge in [0.2, 0.25) is 0 Å². The van der Waals surface area contributed by atoms with Gasteiger partial charge in [0.1, 0.15) is 0 Å². The summed E-state index contributed by atoms with van der Waals surface area (Å²) in [6.45, 7) is 5.92. The zero-order chi connectivity index (χ0) is 11.7. The maximum Gasteiger partial charge on any atom is 0.503 e. The van der Waals surface area contributed by atoms with Crippen LogP contribution in [0.4, 0.5) is 4.79 Å². The lowest BCUT2D eigenvalue weighted by molar-refractivity contribution is 0.137. The second-order valence-electron chi connectivity index (χ2n) is 2.67. The van der Waals surface area contributed by atoms with Crippen molar-refractivity contribution in [2.45, 2.75) is 6.92 Å². The molecule has 0 aliphatic rings. The van der Waals surface area contributed by atoms with Crippen LogP contribution in [-0.2, 0) is 0 Å². The van der Waals surface area contributed by atoms with Crippen molar-refractivity contribution in [2.75, 3.05) is 0 Å². The van der Waals surface area contributed by atoms with Crippen LogP contribution in [0, 0.1) is 0 Å². The van der Waals surface area contributed by atoms with Crippen LogP contribution in [0.1, 0.15) is 12.5 Å². The summed E-state index contributed by atoms with van der Waals surface area (Å²) in [4.78, 5) is 8.56. The van der Waals surface area contributed by atoms with Crippen LogP contribution in [0.3, 0.4) is 0 Å². The van der Waals surface area contributed by atoms with Gasteiger partial charge < -0.3 is 10.2 Å². The Kier molecular flexibility index (Phi) is 6.38. The Hall–Kier alpha value is -2.03. The summed E-state index contributed by atoms with van der Waals surface area (Å²) in [7, 11) is 0.